The monoisotopic (exact) mass is 341 g/mol. The van der Waals surface area contributed by atoms with E-state index in [0.29, 0.717) is 17.1 Å². The highest BCUT2D eigenvalue weighted by Crippen LogP contribution is 2.30. The molecule has 0 unspecified atom stereocenters. The number of halogens is 1. The second kappa shape index (κ2) is 5.85. The SMILES string of the molecule is CN1Cc2ccc(NCc3cc4cc(Cl)ccc4[nH]c3=O)cc2O1. The third-order valence-corrected chi connectivity index (χ3v) is 4.32. The molecule has 0 fully saturated rings. The van der Waals surface area contributed by atoms with E-state index in [4.69, 9.17) is 16.4 Å². The quantitative estimate of drug-likeness (QED) is 0.765. The Morgan fingerprint density at radius 1 is 1.25 bits per heavy atom. The van der Waals surface area contributed by atoms with Gasteiger partial charge in [-0.1, -0.05) is 17.7 Å². The van der Waals surface area contributed by atoms with E-state index >= 15 is 0 Å². The lowest BCUT2D eigenvalue weighted by Gasteiger charge is -2.09. The first-order valence-corrected chi connectivity index (χ1v) is 8.04. The summed E-state index contributed by atoms with van der Waals surface area (Å²) in [7, 11) is 1.90. The van der Waals surface area contributed by atoms with Gasteiger partial charge >= 0.3 is 0 Å². The number of H-pyrrole nitrogens is 1. The van der Waals surface area contributed by atoms with E-state index in [9.17, 15) is 4.79 Å². The average molecular weight is 342 g/mol. The highest BCUT2D eigenvalue weighted by Gasteiger charge is 2.17. The van der Waals surface area contributed by atoms with E-state index < -0.39 is 0 Å². The number of hydrogen-bond donors (Lipinski definition) is 2. The molecule has 6 heteroatoms. The molecule has 24 heavy (non-hydrogen) atoms. The zero-order chi connectivity index (χ0) is 16.7. The van der Waals surface area contributed by atoms with Crippen LogP contribution in [0.25, 0.3) is 10.9 Å². The molecule has 122 valence electrons. The predicted molar refractivity (Wildman–Crippen MR) is 95.4 cm³/mol. The summed E-state index contributed by atoms with van der Waals surface area (Å²) in [5.74, 6) is 0.849. The molecule has 1 aromatic heterocycles. The number of fused-ring (bicyclic) bond motifs is 2. The van der Waals surface area contributed by atoms with Crippen molar-refractivity contribution in [3.05, 3.63) is 69.0 Å². The smallest absolute Gasteiger partial charge is 0.253 e. The van der Waals surface area contributed by atoms with Gasteiger partial charge in [0.05, 0.1) is 6.54 Å². The van der Waals surface area contributed by atoms with E-state index in [1.807, 2.05) is 43.4 Å². The summed E-state index contributed by atoms with van der Waals surface area (Å²) in [6, 6.07) is 13.3. The Balaban J connectivity index is 1.58. The lowest BCUT2D eigenvalue weighted by Crippen LogP contribution is -2.15. The first kappa shape index (κ1) is 15.1. The molecule has 3 aromatic rings. The number of pyridine rings is 1. The van der Waals surface area contributed by atoms with Crippen LogP contribution in [0.15, 0.2) is 47.3 Å². The van der Waals surface area contributed by atoms with Crippen molar-refractivity contribution in [2.75, 3.05) is 12.4 Å². The van der Waals surface area contributed by atoms with Crippen LogP contribution >= 0.6 is 11.6 Å². The highest BCUT2D eigenvalue weighted by molar-refractivity contribution is 6.31. The molecule has 0 radical (unpaired) electrons. The fraction of sp³-hybridized carbons (Fsp3) is 0.167. The maximum atomic E-state index is 12.2. The summed E-state index contributed by atoms with van der Waals surface area (Å²) in [6.07, 6.45) is 0. The zero-order valence-corrected chi connectivity index (χ0v) is 13.9. The second-order valence-electron chi connectivity index (χ2n) is 5.91. The summed E-state index contributed by atoms with van der Waals surface area (Å²) in [5, 5.41) is 6.62. The van der Waals surface area contributed by atoms with Crippen molar-refractivity contribution < 1.29 is 4.84 Å². The van der Waals surface area contributed by atoms with Crippen LogP contribution in [-0.4, -0.2) is 17.1 Å². The van der Waals surface area contributed by atoms with Gasteiger partial charge in [0.2, 0.25) is 0 Å². The molecule has 0 aliphatic carbocycles. The Bertz CT molecular complexity index is 984. The van der Waals surface area contributed by atoms with Gasteiger partial charge in [-0.2, -0.15) is 0 Å². The number of nitrogens with zero attached hydrogens (tertiary/aromatic N) is 1. The van der Waals surface area contributed by atoms with E-state index in [2.05, 4.69) is 10.3 Å². The lowest BCUT2D eigenvalue weighted by molar-refractivity contribution is -0.0136. The molecule has 0 saturated heterocycles. The molecule has 2 N–H and O–H groups in total. The minimum Gasteiger partial charge on any atom is -0.406 e. The van der Waals surface area contributed by atoms with Gasteiger partial charge in [0.1, 0.15) is 0 Å². The Hall–Kier alpha value is -2.50. The van der Waals surface area contributed by atoms with Gasteiger partial charge in [-0.25, -0.2) is 0 Å². The van der Waals surface area contributed by atoms with Crippen LogP contribution in [0.3, 0.4) is 0 Å². The van der Waals surface area contributed by atoms with Crippen LogP contribution in [0.1, 0.15) is 11.1 Å². The van der Waals surface area contributed by atoms with E-state index in [-0.39, 0.29) is 5.56 Å². The lowest BCUT2D eigenvalue weighted by atomic mass is 10.1. The molecule has 0 amide bonds. The van der Waals surface area contributed by atoms with E-state index in [1.54, 1.807) is 11.1 Å². The van der Waals surface area contributed by atoms with Crippen LogP contribution in [0.2, 0.25) is 5.02 Å². The molecule has 0 saturated carbocycles. The topological polar surface area (TPSA) is 57.4 Å². The fourth-order valence-corrected chi connectivity index (χ4v) is 3.05. The third-order valence-electron chi connectivity index (χ3n) is 4.08. The molecule has 0 atom stereocenters. The molecule has 1 aliphatic rings. The van der Waals surface area contributed by atoms with Gasteiger partial charge in [-0.3, -0.25) is 4.79 Å². The van der Waals surface area contributed by atoms with E-state index in [1.165, 1.54) is 0 Å². The van der Waals surface area contributed by atoms with Crippen LogP contribution in [0.4, 0.5) is 5.69 Å². The summed E-state index contributed by atoms with van der Waals surface area (Å²) >= 11 is 6.02. The van der Waals surface area contributed by atoms with Gasteiger partial charge in [0.25, 0.3) is 5.56 Å². The van der Waals surface area contributed by atoms with Crippen molar-refractivity contribution in [2.45, 2.75) is 13.1 Å². The highest BCUT2D eigenvalue weighted by atomic mass is 35.5. The van der Waals surface area contributed by atoms with Crippen molar-refractivity contribution in [1.82, 2.24) is 10.0 Å². The number of hydroxylamine groups is 2. The van der Waals surface area contributed by atoms with Crippen LogP contribution < -0.4 is 15.7 Å². The predicted octanol–water partition coefficient (Wildman–Crippen LogP) is 3.53. The Morgan fingerprint density at radius 3 is 3.00 bits per heavy atom. The average Bonchev–Trinajstić information content (AvgIpc) is 2.92. The number of hydrogen-bond acceptors (Lipinski definition) is 4. The Labute approximate surface area is 143 Å². The number of anilines is 1. The minimum absolute atomic E-state index is 0.102. The van der Waals surface area contributed by atoms with Gasteiger partial charge in [-0.05, 0) is 30.3 Å². The summed E-state index contributed by atoms with van der Waals surface area (Å²) in [5.41, 5.74) is 3.40. The van der Waals surface area contributed by atoms with Crippen molar-refractivity contribution >= 4 is 28.2 Å². The number of rotatable bonds is 3. The van der Waals surface area contributed by atoms with Gasteiger partial charge < -0.3 is 15.1 Å². The first-order chi connectivity index (χ1) is 11.6. The van der Waals surface area contributed by atoms with Gasteiger partial charge in [0.15, 0.2) is 5.75 Å². The minimum atomic E-state index is -0.102. The Morgan fingerprint density at radius 2 is 2.12 bits per heavy atom. The number of aromatic nitrogens is 1. The number of nitrogens with one attached hydrogen (secondary N) is 2. The fourth-order valence-electron chi connectivity index (χ4n) is 2.87. The molecule has 0 spiro atoms. The maximum absolute atomic E-state index is 12.2. The molecule has 4 rings (SSSR count). The molecule has 1 aliphatic heterocycles. The molecular weight excluding hydrogens is 326 g/mol. The standard InChI is InChI=1S/C18H16ClN3O2/c1-22-10-11-2-4-15(8-17(11)24-22)20-9-13-6-12-7-14(19)3-5-16(12)21-18(13)23/h2-8,20H,9-10H2,1H3,(H,21,23). The summed E-state index contributed by atoms with van der Waals surface area (Å²) in [6.45, 7) is 1.20. The normalized spacial score (nSPS) is 13.8. The molecule has 2 heterocycles. The van der Waals surface area contributed by atoms with Gasteiger partial charge in [0, 0.05) is 52.4 Å². The maximum Gasteiger partial charge on any atom is 0.253 e. The van der Waals surface area contributed by atoms with Crippen LogP contribution in [0.5, 0.6) is 5.75 Å². The first-order valence-electron chi connectivity index (χ1n) is 7.66. The third kappa shape index (κ3) is 2.84. The van der Waals surface area contributed by atoms with Crippen LogP contribution in [0, 0.1) is 0 Å². The molecule has 2 aromatic carbocycles. The second-order valence-corrected chi connectivity index (χ2v) is 6.35. The number of aromatic amines is 1. The van der Waals surface area contributed by atoms with Crippen molar-refractivity contribution in [3.63, 3.8) is 0 Å². The summed E-state index contributed by atoms with van der Waals surface area (Å²) < 4.78 is 0. The molecular formula is C18H16ClN3O2. The van der Waals surface area contributed by atoms with Crippen molar-refractivity contribution in [3.8, 4) is 5.75 Å². The number of benzene rings is 2. The van der Waals surface area contributed by atoms with Crippen molar-refractivity contribution in [2.24, 2.45) is 0 Å². The summed E-state index contributed by atoms with van der Waals surface area (Å²) in [4.78, 5) is 20.7. The molecule has 0 bridgehead atoms. The van der Waals surface area contributed by atoms with Gasteiger partial charge in [-0.15, -0.1) is 5.06 Å². The largest absolute Gasteiger partial charge is 0.406 e. The van der Waals surface area contributed by atoms with Crippen LogP contribution in [-0.2, 0) is 13.1 Å². The molecule has 5 nitrogen and oxygen atoms in total. The van der Waals surface area contributed by atoms with E-state index in [0.717, 1.165) is 34.4 Å². The van der Waals surface area contributed by atoms with Crippen molar-refractivity contribution in [1.29, 1.82) is 0 Å². The zero-order valence-electron chi connectivity index (χ0n) is 13.1. The Kier molecular flexibility index (Phi) is 3.67.